The van der Waals surface area contributed by atoms with Crippen molar-refractivity contribution in [3.63, 3.8) is 0 Å². The minimum Gasteiger partial charge on any atom is -0.309 e. The number of aromatic nitrogens is 3. The van der Waals surface area contributed by atoms with Gasteiger partial charge in [-0.1, -0.05) is 103 Å². The Bertz CT molecular complexity index is 2360. The molecule has 4 nitrogen and oxygen atoms in total. The molecule has 0 aliphatic carbocycles. The van der Waals surface area contributed by atoms with E-state index < -0.39 is 0 Å². The zero-order valence-corrected chi connectivity index (χ0v) is 23.1. The van der Waals surface area contributed by atoms with Gasteiger partial charge in [0.15, 0.2) is 5.82 Å². The van der Waals surface area contributed by atoms with Crippen LogP contribution in [-0.4, -0.2) is 15.0 Å². The molecule has 8 aromatic rings. The van der Waals surface area contributed by atoms with Crippen LogP contribution in [0.4, 0.5) is 17.1 Å². The van der Waals surface area contributed by atoms with Crippen LogP contribution >= 0.6 is 0 Å². The number of anilines is 3. The SMILES string of the molecule is c1ccc(-c2nc(-c3cccc4c(N5c6ccccc6-c6cccc7cccc5c67)cccc34)nc3ccccc23)nc1. The molecule has 2 aromatic heterocycles. The van der Waals surface area contributed by atoms with Crippen molar-refractivity contribution in [2.45, 2.75) is 0 Å². The van der Waals surface area contributed by atoms with Gasteiger partial charge in [0.1, 0.15) is 5.69 Å². The van der Waals surface area contributed by atoms with E-state index in [1.54, 1.807) is 0 Å². The van der Waals surface area contributed by atoms with Crippen molar-refractivity contribution in [3.05, 3.63) is 146 Å². The molecule has 1 aliphatic rings. The summed E-state index contributed by atoms with van der Waals surface area (Å²) in [4.78, 5) is 17.3. The summed E-state index contributed by atoms with van der Waals surface area (Å²) in [6.07, 6.45) is 1.81. The summed E-state index contributed by atoms with van der Waals surface area (Å²) in [6, 6.07) is 49.0. The Hall–Kier alpha value is -5.87. The molecule has 200 valence electrons. The second-order valence-corrected chi connectivity index (χ2v) is 10.8. The van der Waals surface area contributed by atoms with Crippen LogP contribution in [-0.2, 0) is 0 Å². The van der Waals surface area contributed by atoms with Crippen molar-refractivity contribution < 1.29 is 0 Å². The Morgan fingerprint density at radius 3 is 2.05 bits per heavy atom. The van der Waals surface area contributed by atoms with E-state index in [0.29, 0.717) is 5.82 Å². The topological polar surface area (TPSA) is 41.9 Å². The molecular weight excluding hydrogens is 524 g/mol. The van der Waals surface area contributed by atoms with Crippen LogP contribution < -0.4 is 4.90 Å². The summed E-state index contributed by atoms with van der Waals surface area (Å²) in [5.74, 6) is 0.689. The van der Waals surface area contributed by atoms with Crippen LogP contribution in [0, 0.1) is 0 Å². The van der Waals surface area contributed by atoms with Gasteiger partial charge in [-0.15, -0.1) is 0 Å². The standard InChI is InChI=1S/C39H24N4/c1-3-19-32-31(14-1)38(33-20-5-6-24-40-33)42-39(41-32)30-18-9-16-27-26(30)15-10-22-35(27)43-34-21-4-2-13-28(34)29-17-7-11-25-12-8-23-36(43)37(25)29/h1-24H. The molecule has 0 fully saturated rings. The monoisotopic (exact) mass is 548 g/mol. The van der Waals surface area contributed by atoms with E-state index in [1.165, 1.54) is 33.3 Å². The van der Waals surface area contributed by atoms with Crippen LogP contribution in [0.2, 0.25) is 0 Å². The lowest BCUT2D eigenvalue weighted by Crippen LogP contribution is -2.15. The van der Waals surface area contributed by atoms with Crippen molar-refractivity contribution in [1.29, 1.82) is 0 Å². The Kier molecular flexibility index (Phi) is 5.16. The molecule has 9 rings (SSSR count). The number of hydrogen-bond donors (Lipinski definition) is 0. The molecule has 3 heterocycles. The first kappa shape index (κ1) is 23.8. The van der Waals surface area contributed by atoms with Crippen LogP contribution in [0.3, 0.4) is 0 Å². The van der Waals surface area contributed by atoms with Gasteiger partial charge in [-0.05, 0) is 52.7 Å². The third kappa shape index (κ3) is 3.60. The fourth-order valence-corrected chi connectivity index (χ4v) is 6.60. The van der Waals surface area contributed by atoms with E-state index >= 15 is 0 Å². The fourth-order valence-electron chi connectivity index (χ4n) is 6.60. The molecule has 0 N–H and O–H groups in total. The molecule has 0 saturated carbocycles. The zero-order chi connectivity index (χ0) is 28.3. The largest absolute Gasteiger partial charge is 0.309 e. The molecule has 0 amide bonds. The van der Waals surface area contributed by atoms with E-state index in [-0.39, 0.29) is 0 Å². The lowest BCUT2D eigenvalue weighted by molar-refractivity contribution is 1.20. The highest BCUT2D eigenvalue weighted by atomic mass is 15.2. The van der Waals surface area contributed by atoms with Crippen molar-refractivity contribution >= 4 is 49.5 Å². The van der Waals surface area contributed by atoms with Crippen molar-refractivity contribution in [3.8, 4) is 33.9 Å². The lowest BCUT2D eigenvalue weighted by Gasteiger charge is -2.34. The smallest absolute Gasteiger partial charge is 0.161 e. The number of hydrogen-bond acceptors (Lipinski definition) is 4. The zero-order valence-electron chi connectivity index (χ0n) is 23.1. The first-order valence-electron chi connectivity index (χ1n) is 14.5. The minimum atomic E-state index is 0.689. The van der Waals surface area contributed by atoms with Gasteiger partial charge in [-0.2, -0.15) is 0 Å². The van der Waals surface area contributed by atoms with Crippen molar-refractivity contribution in [2.24, 2.45) is 0 Å². The van der Waals surface area contributed by atoms with Crippen LogP contribution in [0.25, 0.3) is 66.4 Å². The van der Waals surface area contributed by atoms with Crippen molar-refractivity contribution in [1.82, 2.24) is 15.0 Å². The molecule has 1 aliphatic heterocycles. The van der Waals surface area contributed by atoms with Crippen LogP contribution in [0.1, 0.15) is 0 Å². The molecule has 0 unspecified atom stereocenters. The third-order valence-corrected chi connectivity index (χ3v) is 8.45. The summed E-state index contributed by atoms with van der Waals surface area (Å²) in [7, 11) is 0. The van der Waals surface area contributed by atoms with Gasteiger partial charge >= 0.3 is 0 Å². The first-order chi connectivity index (χ1) is 21.3. The Morgan fingerprint density at radius 1 is 0.442 bits per heavy atom. The third-order valence-electron chi connectivity index (χ3n) is 8.45. The summed E-state index contributed by atoms with van der Waals surface area (Å²) >= 11 is 0. The summed E-state index contributed by atoms with van der Waals surface area (Å²) < 4.78 is 0. The average Bonchev–Trinajstić information content (AvgIpc) is 3.08. The maximum Gasteiger partial charge on any atom is 0.161 e. The Labute approximate surface area is 248 Å². The van der Waals surface area contributed by atoms with E-state index in [0.717, 1.165) is 44.3 Å². The highest BCUT2D eigenvalue weighted by molar-refractivity contribution is 6.16. The predicted octanol–water partition coefficient (Wildman–Crippen LogP) is 10.1. The highest BCUT2D eigenvalue weighted by Crippen LogP contribution is 2.52. The van der Waals surface area contributed by atoms with E-state index in [1.807, 2.05) is 42.6 Å². The molecule has 0 spiro atoms. The maximum atomic E-state index is 5.14. The van der Waals surface area contributed by atoms with Gasteiger partial charge in [-0.25, -0.2) is 9.97 Å². The van der Waals surface area contributed by atoms with E-state index in [4.69, 9.17) is 9.97 Å². The summed E-state index contributed by atoms with van der Waals surface area (Å²) in [5, 5.41) is 5.74. The number of rotatable bonds is 3. The predicted molar refractivity (Wildman–Crippen MR) is 177 cm³/mol. The van der Waals surface area contributed by atoms with Gasteiger partial charge in [0, 0.05) is 33.5 Å². The molecular formula is C39H24N4. The van der Waals surface area contributed by atoms with Gasteiger partial charge in [0.2, 0.25) is 0 Å². The molecule has 0 atom stereocenters. The fraction of sp³-hybridized carbons (Fsp3) is 0. The number of fused-ring (bicyclic) bond motifs is 4. The number of nitrogens with zero attached hydrogens (tertiary/aromatic N) is 4. The maximum absolute atomic E-state index is 5.14. The molecule has 4 heteroatoms. The molecule has 0 bridgehead atoms. The second-order valence-electron chi connectivity index (χ2n) is 10.8. The van der Waals surface area contributed by atoms with Gasteiger partial charge in [-0.3, -0.25) is 4.98 Å². The molecule has 43 heavy (non-hydrogen) atoms. The second kappa shape index (κ2) is 9.33. The van der Waals surface area contributed by atoms with Gasteiger partial charge in [0.05, 0.1) is 28.3 Å². The normalized spacial score (nSPS) is 12.1. The average molecular weight is 549 g/mol. The van der Waals surface area contributed by atoms with Gasteiger partial charge < -0.3 is 4.90 Å². The lowest BCUT2D eigenvalue weighted by atomic mass is 9.90. The summed E-state index contributed by atoms with van der Waals surface area (Å²) in [5.41, 5.74) is 9.54. The highest BCUT2D eigenvalue weighted by Gasteiger charge is 2.27. The quantitative estimate of drug-likeness (QED) is 0.220. The first-order valence-corrected chi connectivity index (χ1v) is 14.5. The Morgan fingerprint density at radius 2 is 1.12 bits per heavy atom. The van der Waals surface area contributed by atoms with E-state index in [2.05, 4.69) is 113 Å². The molecule has 0 radical (unpaired) electrons. The van der Waals surface area contributed by atoms with Crippen LogP contribution in [0.15, 0.2) is 146 Å². The number of benzene rings is 6. The summed E-state index contributed by atoms with van der Waals surface area (Å²) in [6.45, 7) is 0. The van der Waals surface area contributed by atoms with Crippen molar-refractivity contribution in [2.75, 3.05) is 4.90 Å². The number of para-hydroxylation sites is 2. The molecule has 6 aromatic carbocycles. The Balaban J connectivity index is 1.31. The number of pyridine rings is 1. The molecule has 0 saturated heterocycles. The minimum absolute atomic E-state index is 0.689. The van der Waals surface area contributed by atoms with Gasteiger partial charge in [0.25, 0.3) is 0 Å². The van der Waals surface area contributed by atoms with E-state index in [9.17, 15) is 0 Å². The van der Waals surface area contributed by atoms with Crippen LogP contribution in [0.5, 0.6) is 0 Å².